The number of carbonyl (C=O) groups is 2. The van der Waals surface area contributed by atoms with E-state index in [1.165, 1.54) is 0 Å². The molecule has 0 bridgehead atoms. The molecule has 1 heterocycles. The van der Waals surface area contributed by atoms with Crippen molar-refractivity contribution in [3.05, 3.63) is 29.8 Å². The second kappa shape index (κ2) is 3.32. The number of anilines is 1. The van der Waals surface area contributed by atoms with Gasteiger partial charge in [-0.15, -0.1) is 0 Å². The van der Waals surface area contributed by atoms with Crippen LogP contribution in [0.1, 0.15) is 18.9 Å². The van der Waals surface area contributed by atoms with Gasteiger partial charge in [0.25, 0.3) is 0 Å². The third kappa shape index (κ3) is 1.24. The average Bonchev–Trinajstić information content (AvgIpc) is 3.00. The minimum Gasteiger partial charge on any atom is -0.466 e. The van der Waals surface area contributed by atoms with Gasteiger partial charge in [0.15, 0.2) is 0 Å². The molecule has 0 radical (unpaired) electrons. The first kappa shape index (κ1) is 10.3. The number of ether oxygens (including phenoxy) is 1. The normalized spacial score (nSPS) is 28.8. The van der Waals surface area contributed by atoms with E-state index in [-0.39, 0.29) is 17.8 Å². The van der Waals surface area contributed by atoms with Crippen molar-refractivity contribution in [2.75, 3.05) is 11.9 Å². The molecule has 1 N–H and O–H groups in total. The lowest BCUT2D eigenvalue weighted by atomic mass is 9.95. The highest BCUT2D eigenvalue weighted by Gasteiger charge is 2.68. The predicted octanol–water partition coefficient (Wildman–Crippen LogP) is 1.46. The van der Waals surface area contributed by atoms with Crippen molar-refractivity contribution in [2.45, 2.75) is 18.8 Å². The van der Waals surface area contributed by atoms with Gasteiger partial charge in [-0.05, 0) is 25.0 Å². The van der Waals surface area contributed by atoms with Gasteiger partial charge in [0, 0.05) is 5.69 Å². The van der Waals surface area contributed by atoms with Crippen LogP contribution in [0.5, 0.6) is 0 Å². The maximum Gasteiger partial charge on any atom is 0.310 e. The van der Waals surface area contributed by atoms with Gasteiger partial charge in [0.2, 0.25) is 5.91 Å². The molecule has 1 aromatic rings. The molecule has 4 heteroatoms. The molecule has 1 aliphatic carbocycles. The summed E-state index contributed by atoms with van der Waals surface area (Å²) in [5.74, 6) is -0.651. The zero-order valence-electron chi connectivity index (χ0n) is 9.53. The minimum absolute atomic E-state index is 0.0725. The Kier molecular flexibility index (Phi) is 2.02. The topological polar surface area (TPSA) is 55.4 Å². The van der Waals surface area contributed by atoms with Gasteiger partial charge in [-0.3, -0.25) is 9.59 Å². The Balaban J connectivity index is 1.96. The van der Waals surface area contributed by atoms with Gasteiger partial charge in [-0.2, -0.15) is 0 Å². The van der Waals surface area contributed by atoms with Gasteiger partial charge >= 0.3 is 5.97 Å². The molecule has 0 aromatic heterocycles. The number of amides is 1. The minimum atomic E-state index is -0.650. The average molecular weight is 231 g/mol. The van der Waals surface area contributed by atoms with Crippen molar-refractivity contribution < 1.29 is 14.3 Å². The molecular formula is C13H13NO3. The van der Waals surface area contributed by atoms with E-state index in [0.717, 1.165) is 11.3 Å². The Bertz CT molecular complexity index is 511. The van der Waals surface area contributed by atoms with Crippen LogP contribution < -0.4 is 5.32 Å². The summed E-state index contributed by atoms with van der Waals surface area (Å²) in [5, 5.41) is 2.83. The Morgan fingerprint density at radius 3 is 3.06 bits per heavy atom. The molecule has 1 saturated carbocycles. The number of hydrogen-bond acceptors (Lipinski definition) is 3. The molecule has 1 fully saturated rings. The van der Waals surface area contributed by atoms with Crippen molar-refractivity contribution in [1.29, 1.82) is 0 Å². The molecule has 2 aliphatic rings. The number of hydrogen-bond donors (Lipinski definition) is 1. The summed E-state index contributed by atoms with van der Waals surface area (Å²) < 4.78 is 5.00. The third-order valence-corrected chi connectivity index (χ3v) is 3.59. The molecule has 3 rings (SSSR count). The van der Waals surface area contributed by atoms with Crippen LogP contribution in [0.25, 0.3) is 0 Å². The van der Waals surface area contributed by atoms with Crippen LogP contribution in [-0.4, -0.2) is 18.5 Å². The largest absolute Gasteiger partial charge is 0.466 e. The maximum absolute atomic E-state index is 12.0. The van der Waals surface area contributed by atoms with Crippen molar-refractivity contribution >= 4 is 17.6 Å². The summed E-state index contributed by atoms with van der Waals surface area (Å²) in [4.78, 5) is 23.7. The smallest absolute Gasteiger partial charge is 0.310 e. The van der Waals surface area contributed by atoms with Gasteiger partial charge in [-0.1, -0.05) is 18.2 Å². The molecule has 88 valence electrons. The molecule has 4 nitrogen and oxygen atoms in total. The third-order valence-electron chi connectivity index (χ3n) is 3.59. The van der Waals surface area contributed by atoms with E-state index in [2.05, 4.69) is 5.32 Å². The lowest BCUT2D eigenvalue weighted by Crippen LogP contribution is -2.25. The first-order chi connectivity index (χ1) is 8.20. The van der Waals surface area contributed by atoms with Crippen LogP contribution in [-0.2, 0) is 19.7 Å². The van der Waals surface area contributed by atoms with Crippen LogP contribution in [0.15, 0.2) is 24.3 Å². The molecule has 1 spiro atoms. The first-order valence-corrected chi connectivity index (χ1v) is 5.77. The van der Waals surface area contributed by atoms with E-state index in [1.54, 1.807) is 6.92 Å². The zero-order chi connectivity index (χ0) is 12.0. The van der Waals surface area contributed by atoms with E-state index in [0.29, 0.717) is 13.0 Å². The lowest BCUT2D eigenvalue weighted by molar-refractivity contribution is -0.146. The first-order valence-electron chi connectivity index (χ1n) is 5.77. The summed E-state index contributed by atoms with van der Waals surface area (Å²) in [5.41, 5.74) is 1.11. The lowest BCUT2D eigenvalue weighted by Gasteiger charge is -2.07. The van der Waals surface area contributed by atoms with Crippen molar-refractivity contribution in [2.24, 2.45) is 5.92 Å². The van der Waals surface area contributed by atoms with E-state index in [9.17, 15) is 9.59 Å². The number of nitrogens with one attached hydrogen (secondary N) is 1. The van der Waals surface area contributed by atoms with Crippen LogP contribution in [0.4, 0.5) is 5.69 Å². The highest BCUT2D eigenvalue weighted by molar-refractivity contribution is 6.12. The Hall–Kier alpha value is -1.84. The molecule has 0 saturated heterocycles. The van der Waals surface area contributed by atoms with E-state index >= 15 is 0 Å². The van der Waals surface area contributed by atoms with Gasteiger partial charge < -0.3 is 10.1 Å². The van der Waals surface area contributed by atoms with Gasteiger partial charge in [-0.25, -0.2) is 0 Å². The second-order valence-electron chi connectivity index (χ2n) is 4.48. The fraction of sp³-hybridized carbons (Fsp3) is 0.385. The van der Waals surface area contributed by atoms with Crippen molar-refractivity contribution in [3.8, 4) is 0 Å². The summed E-state index contributed by atoms with van der Waals surface area (Å²) in [6.07, 6.45) is 0.564. The monoisotopic (exact) mass is 231 g/mol. The summed E-state index contributed by atoms with van der Waals surface area (Å²) >= 11 is 0. The van der Waals surface area contributed by atoms with E-state index in [1.807, 2.05) is 24.3 Å². The fourth-order valence-corrected chi connectivity index (χ4v) is 2.68. The number of benzene rings is 1. The number of rotatable bonds is 2. The Labute approximate surface area is 99.0 Å². The Morgan fingerprint density at radius 2 is 2.29 bits per heavy atom. The maximum atomic E-state index is 12.0. The number of esters is 1. The fourth-order valence-electron chi connectivity index (χ4n) is 2.68. The van der Waals surface area contributed by atoms with Crippen molar-refractivity contribution in [1.82, 2.24) is 0 Å². The van der Waals surface area contributed by atoms with Crippen LogP contribution in [0.2, 0.25) is 0 Å². The quantitative estimate of drug-likeness (QED) is 0.784. The SMILES string of the molecule is CCOC(=O)[C@@H]1C[C@@]12C(=O)Nc1ccccc12. The van der Waals surface area contributed by atoms with E-state index in [4.69, 9.17) is 4.74 Å². The van der Waals surface area contributed by atoms with Crippen LogP contribution >= 0.6 is 0 Å². The van der Waals surface area contributed by atoms with Crippen LogP contribution in [0, 0.1) is 5.92 Å². The van der Waals surface area contributed by atoms with Crippen LogP contribution in [0.3, 0.4) is 0 Å². The molecule has 17 heavy (non-hydrogen) atoms. The highest BCUT2D eigenvalue weighted by Crippen LogP contribution is 2.60. The molecule has 0 unspecified atom stereocenters. The molecule has 1 aliphatic heterocycles. The predicted molar refractivity (Wildman–Crippen MR) is 61.5 cm³/mol. The number of para-hydroxylation sites is 1. The standard InChI is InChI=1S/C13H13NO3/c1-2-17-11(15)9-7-13(9)8-5-3-4-6-10(8)14-12(13)16/h3-6,9H,2,7H2,1H3,(H,14,16)/t9-,13-/m0/s1. The highest BCUT2D eigenvalue weighted by atomic mass is 16.5. The number of fused-ring (bicyclic) bond motifs is 2. The van der Waals surface area contributed by atoms with E-state index < -0.39 is 5.41 Å². The number of carbonyl (C=O) groups excluding carboxylic acids is 2. The summed E-state index contributed by atoms with van der Waals surface area (Å²) in [6, 6.07) is 7.54. The molecule has 1 aromatic carbocycles. The van der Waals surface area contributed by atoms with Gasteiger partial charge in [0.1, 0.15) is 0 Å². The summed E-state index contributed by atoms with van der Waals surface area (Å²) in [6.45, 7) is 2.13. The molecule has 2 atom stereocenters. The second-order valence-corrected chi connectivity index (χ2v) is 4.48. The molecule has 1 amide bonds. The Morgan fingerprint density at radius 1 is 1.53 bits per heavy atom. The summed E-state index contributed by atoms with van der Waals surface area (Å²) in [7, 11) is 0. The zero-order valence-corrected chi connectivity index (χ0v) is 9.53. The van der Waals surface area contributed by atoms with Crippen molar-refractivity contribution in [3.63, 3.8) is 0 Å². The molecular weight excluding hydrogens is 218 g/mol. The van der Waals surface area contributed by atoms with Gasteiger partial charge in [0.05, 0.1) is 17.9 Å².